The third kappa shape index (κ3) is 6.06. The minimum absolute atomic E-state index is 0. The number of thiazole rings is 1. The lowest BCUT2D eigenvalue weighted by atomic mass is 9.68. The van der Waals surface area contributed by atoms with E-state index in [-0.39, 0.29) is 12.4 Å². The van der Waals surface area contributed by atoms with Gasteiger partial charge in [-0.2, -0.15) is 0 Å². The highest BCUT2D eigenvalue weighted by molar-refractivity contribution is 9.10. The number of aliphatic imine (C=N–C) groups is 1. The summed E-state index contributed by atoms with van der Waals surface area (Å²) in [4.78, 5) is 12.1. The molecule has 1 aliphatic heterocycles. The third-order valence-electron chi connectivity index (χ3n) is 8.13. The van der Waals surface area contributed by atoms with Crippen LogP contribution in [0.2, 0.25) is 0 Å². The summed E-state index contributed by atoms with van der Waals surface area (Å²) in [6.07, 6.45) is 11.8. The van der Waals surface area contributed by atoms with Gasteiger partial charge in [0.1, 0.15) is 5.01 Å². The van der Waals surface area contributed by atoms with E-state index in [1.54, 1.807) is 11.3 Å². The summed E-state index contributed by atoms with van der Waals surface area (Å²) >= 11 is 5.47. The highest BCUT2D eigenvalue weighted by atomic mass is 79.9. The van der Waals surface area contributed by atoms with Crippen molar-refractivity contribution < 1.29 is 0 Å². The molecule has 6 heteroatoms. The Hall–Kier alpha value is -2.47. The van der Waals surface area contributed by atoms with Gasteiger partial charge in [0.2, 0.25) is 0 Å². The largest absolute Gasteiger partial charge is 0.371 e. The molecule has 0 bridgehead atoms. The van der Waals surface area contributed by atoms with E-state index < -0.39 is 0 Å². The first-order valence-corrected chi connectivity index (χ1v) is 15.0. The second kappa shape index (κ2) is 12.1. The van der Waals surface area contributed by atoms with Gasteiger partial charge in [0.25, 0.3) is 0 Å². The van der Waals surface area contributed by atoms with E-state index in [0.717, 1.165) is 37.6 Å². The molecule has 0 unspecified atom stereocenters. The Labute approximate surface area is 244 Å². The summed E-state index contributed by atoms with van der Waals surface area (Å²) in [5.74, 6) is 0. The third-order valence-corrected chi connectivity index (χ3v) is 9.71. The lowest BCUT2D eigenvalue weighted by molar-refractivity contribution is 0.144. The number of piperidine rings is 1. The van der Waals surface area contributed by atoms with E-state index in [1.807, 2.05) is 12.3 Å². The monoisotopic (exact) mass is 605 g/mol. The first-order valence-electron chi connectivity index (χ1n) is 13.4. The molecule has 1 saturated heterocycles. The van der Waals surface area contributed by atoms with E-state index in [0.29, 0.717) is 5.41 Å². The van der Waals surface area contributed by atoms with Crippen LogP contribution in [-0.2, 0) is 0 Å². The van der Waals surface area contributed by atoms with E-state index in [2.05, 4.69) is 92.9 Å². The lowest BCUT2D eigenvalue weighted by Crippen LogP contribution is -2.41. The molecule has 1 aliphatic carbocycles. The summed E-state index contributed by atoms with van der Waals surface area (Å²) in [6.45, 7) is 2.36. The standard InChI is InChI=1S/C32H32BrN3S.ClH/c33-29-21-28(36-19-17-32(18-20-36)15-5-2-6-16-32)14-11-26(29)22-34-27-12-9-24(10-13-27)30-23-37-31(35-30)25-7-3-1-4-8-25;/h1,3-4,7-14,21-23H,2,5-6,15-20H2;1H. The van der Waals surface area contributed by atoms with Crippen molar-refractivity contribution in [2.45, 2.75) is 44.9 Å². The number of hydrogen-bond donors (Lipinski definition) is 0. The van der Waals surface area contributed by atoms with Crippen molar-refractivity contribution in [1.82, 2.24) is 4.98 Å². The maximum atomic E-state index is 4.83. The van der Waals surface area contributed by atoms with Crippen LogP contribution in [0.25, 0.3) is 21.8 Å². The Morgan fingerprint density at radius 3 is 2.29 bits per heavy atom. The van der Waals surface area contributed by atoms with Gasteiger partial charge in [-0.25, -0.2) is 4.98 Å². The number of nitrogens with zero attached hydrogens (tertiary/aromatic N) is 3. The number of aromatic nitrogens is 1. The molecule has 0 N–H and O–H groups in total. The molecule has 3 aromatic carbocycles. The summed E-state index contributed by atoms with van der Waals surface area (Å²) in [7, 11) is 0. The van der Waals surface area contributed by atoms with Gasteiger partial charge in [-0.1, -0.05) is 83.7 Å². The van der Waals surface area contributed by atoms with Crippen LogP contribution >= 0.6 is 39.7 Å². The van der Waals surface area contributed by atoms with Crippen molar-refractivity contribution >= 4 is 57.3 Å². The fourth-order valence-corrected chi connectivity index (χ4v) is 7.14. The molecule has 2 aliphatic rings. The van der Waals surface area contributed by atoms with Gasteiger partial charge < -0.3 is 4.90 Å². The molecule has 6 rings (SSSR count). The number of rotatable bonds is 5. The van der Waals surface area contributed by atoms with Crippen molar-refractivity contribution in [2.24, 2.45) is 10.4 Å². The Balaban J connectivity index is 0.00000294. The van der Waals surface area contributed by atoms with Gasteiger partial charge in [0.05, 0.1) is 11.4 Å². The van der Waals surface area contributed by atoms with Crippen LogP contribution in [-0.4, -0.2) is 24.3 Å². The van der Waals surface area contributed by atoms with Crippen LogP contribution in [0.5, 0.6) is 0 Å². The maximum Gasteiger partial charge on any atom is 0.124 e. The Bertz CT molecular complexity index is 1370. The predicted molar refractivity (Wildman–Crippen MR) is 169 cm³/mol. The van der Waals surface area contributed by atoms with Crippen molar-refractivity contribution in [2.75, 3.05) is 18.0 Å². The summed E-state index contributed by atoms with van der Waals surface area (Å²) in [5, 5.41) is 3.17. The maximum absolute atomic E-state index is 4.83. The summed E-state index contributed by atoms with van der Waals surface area (Å²) < 4.78 is 1.10. The average Bonchev–Trinajstić information content (AvgIpc) is 3.45. The molecule has 0 radical (unpaired) electrons. The molecule has 1 saturated carbocycles. The minimum atomic E-state index is 0. The van der Waals surface area contributed by atoms with Crippen LogP contribution in [0, 0.1) is 5.41 Å². The van der Waals surface area contributed by atoms with Gasteiger partial charge >= 0.3 is 0 Å². The Kier molecular flexibility index (Phi) is 8.67. The number of benzene rings is 3. The summed E-state index contributed by atoms with van der Waals surface area (Å²) in [5.41, 5.74) is 7.26. The van der Waals surface area contributed by atoms with E-state index >= 15 is 0 Å². The van der Waals surface area contributed by atoms with Gasteiger partial charge in [-0.05, 0) is 55.4 Å². The quantitative estimate of drug-likeness (QED) is 0.212. The fraction of sp³-hybridized carbons (Fsp3) is 0.312. The van der Waals surface area contributed by atoms with Crippen LogP contribution in [0.3, 0.4) is 0 Å². The number of anilines is 1. The smallest absolute Gasteiger partial charge is 0.124 e. The van der Waals surface area contributed by atoms with Crippen LogP contribution in [0.1, 0.15) is 50.5 Å². The minimum Gasteiger partial charge on any atom is -0.371 e. The molecule has 38 heavy (non-hydrogen) atoms. The molecule has 0 atom stereocenters. The zero-order chi connectivity index (χ0) is 25.1. The van der Waals surface area contributed by atoms with Crippen molar-refractivity contribution in [3.63, 3.8) is 0 Å². The zero-order valence-electron chi connectivity index (χ0n) is 21.5. The molecule has 1 aromatic heterocycles. The van der Waals surface area contributed by atoms with Crippen molar-refractivity contribution in [1.29, 1.82) is 0 Å². The molecule has 2 heterocycles. The van der Waals surface area contributed by atoms with E-state index in [1.165, 1.54) is 63.7 Å². The molecule has 1 spiro atoms. The summed E-state index contributed by atoms with van der Waals surface area (Å²) in [6, 6.07) is 25.4. The second-order valence-corrected chi connectivity index (χ2v) is 12.2. The molecule has 2 fully saturated rings. The molecule has 196 valence electrons. The zero-order valence-corrected chi connectivity index (χ0v) is 24.7. The highest BCUT2D eigenvalue weighted by Gasteiger charge is 2.35. The molecular weight excluding hydrogens is 574 g/mol. The second-order valence-electron chi connectivity index (χ2n) is 10.5. The molecule has 4 aromatic rings. The molecule has 3 nitrogen and oxygen atoms in total. The fourth-order valence-electron chi connectivity index (χ4n) is 5.84. The van der Waals surface area contributed by atoms with Crippen molar-refractivity contribution in [3.8, 4) is 21.8 Å². The van der Waals surface area contributed by atoms with Gasteiger partial charge in [-0.3, -0.25) is 4.99 Å². The van der Waals surface area contributed by atoms with Crippen molar-refractivity contribution in [3.05, 3.63) is 88.2 Å². The van der Waals surface area contributed by atoms with Gasteiger partial charge in [-0.15, -0.1) is 23.7 Å². The van der Waals surface area contributed by atoms with E-state index in [4.69, 9.17) is 9.98 Å². The molecular formula is C32H33BrClN3S. The lowest BCUT2D eigenvalue weighted by Gasteiger charge is -2.45. The Morgan fingerprint density at radius 2 is 1.58 bits per heavy atom. The van der Waals surface area contributed by atoms with Crippen LogP contribution in [0.4, 0.5) is 11.4 Å². The predicted octanol–water partition coefficient (Wildman–Crippen LogP) is 9.96. The van der Waals surface area contributed by atoms with Crippen LogP contribution in [0.15, 0.2) is 87.6 Å². The first-order chi connectivity index (χ1) is 18.2. The first kappa shape index (κ1) is 27.1. The van der Waals surface area contributed by atoms with Crippen LogP contribution < -0.4 is 4.90 Å². The number of halogens is 2. The highest BCUT2D eigenvalue weighted by Crippen LogP contribution is 2.45. The van der Waals surface area contributed by atoms with Gasteiger partial charge in [0, 0.05) is 51.5 Å². The SMILES string of the molecule is Brc1cc(N2CCC3(CCCCC3)CC2)ccc1C=Nc1ccc(-c2csc(-c3ccccc3)n2)cc1.Cl. The number of hydrogen-bond acceptors (Lipinski definition) is 4. The Morgan fingerprint density at radius 1 is 0.842 bits per heavy atom. The normalized spacial score (nSPS) is 17.0. The molecule has 0 amide bonds. The topological polar surface area (TPSA) is 28.5 Å². The van der Waals surface area contributed by atoms with E-state index in [9.17, 15) is 0 Å². The average molecular weight is 607 g/mol. The van der Waals surface area contributed by atoms with Gasteiger partial charge in [0.15, 0.2) is 0 Å².